The van der Waals surface area contributed by atoms with Gasteiger partial charge in [-0.15, -0.1) is 0 Å². The van der Waals surface area contributed by atoms with Crippen LogP contribution in [0.2, 0.25) is 5.02 Å². The first-order valence-corrected chi connectivity index (χ1v) is 12.2. The van der Waals surface area contributed by atoms with Crippen molar-refractivity contribution in [1.29, 1.82) is 0 Å². The highest BCUT2D eigenvalue weighted by molar-refractivity contribution is 8.18. The van der Waals surface area contributed by atoms with Crippen LogP contribution in [0.15, 0.2) is 46.3 Å². The molecular formula is C26H30ClN3OS. The number of nitrogens with zero attached hydrogens (tertiary/aromatic N) is 2. The Morgan fingerprint density at radius 3 is 2.75 bits per heavy atom. The van der Waals surface area contributed by atoms with Crippen LogP contribution in [-0.4, -0.2) is 22.7 Å². The molecule has 0 saturated carbocycles. The second-order valence-electron chi connectivity index (χ2n) is 9.57. The molecule has 1 saturated heterocycles. The van der Waals surface area contributed by atoms with Gasteiger partial charge in [0.25, 0.3) is 5.91 Å². The summed E-state index contributed by atoms with van der Waals surface area (Å²) in [6.45, 7) is 13.4. The molecule has 4 rings (SSSR count). The van der Waals surface area contributed by atoms with Crippen molar-refractivity contribution in [3.05, 3.63) is 63.0 Å². The van der Waals surface area contributed by atoms with E-state index in [0.29, 0.717) is 27.1 Å². The Morgan fingerprint density at radius 1 is 1.28 bits per heavy atom. The molecule has 0 spiro atoms. The van der Waals surface area contributed by atoms with Crippen LogP contribution < -0.4 is 10.2 Å². The summed E-state index contributed by atoms with van der Waals surface area (Å²) in [6, 6.07) is 12.6. The summed E-state index contributed by atoms with van der Waals surface area (Å²) in [6.07, 6.45) is 3.06. The molecule has 1 atom stereocenters. The minimum atomic E-state index is -0.121. The summed E-state index contributed by atoms with van der Waals surface area (Å²) in [5, 5.41) is 4.12. The van der Waals surface area contributed by atoms with Gasteiger partial charge in [0, 0.05) is 22.3 Å². The zero-order chi connectivity index (χ0) is 23.2. The third-order valence-corrected chi connectivity index (χ3v) is 7.55. The maximum absolute atomic E-state index is 12.6. The number of nitrogens with one attached hydrogen (secondary N) is 1. The Balaban J connectivity index is 1.64. The van der Waals surface area contributed by atoms with Crippen LogP contribution in [-0.2, 0) is 4.79 Å². The van der Waals surface area contributed by atoms with Crippen molar-refractivity contribution in [2.45, 2.75) is 65.5 Å². The minimum absolute atomic E-state index is 0.117. The number of fused-ring (bicyclic) bond motifs is 1. The van der Waals surface area contributed by atoms with Gasteiger partial charge in [0.1, 0.15) is 0 Å². The van der Waals surface area contributed by atoms with Gasteiger partial charge < -0.3 is 10.2 Å². The number of anilines is 1. The van der Waals surface area contributed by atoms with Gasteiger partial charge in [-0.1, -0.05) is 30.7 Å². The molecule has 4 nitrogen and oxygen atoms in total. The normalized spacial score (nSPS) is 22.6. The van der Waals surface area contributed by atoms with E-state index < -0.39 is 0 Å². The molecule has 2 aliphatic rings. The van der Waals surface area contributed by atoms with Crippen molar-refractivity contribution in [2.75, 3.05) is 4.90 Å². The topological polar surface area (TPSA) is 44.7 Å². The average molecular weight is 468 g/mol. The fraction of sp³-hybridized carbons (Fsp3) is 0.385. The molecule has 168 valence electrons. The number of benzene rings is 2. The number of amidine groups is 1. The third-order valence-electron chi connectivity index (χ3n) is 6.23. The summed E-state index contributed by atoms with van der Waals surface area (Å²) >= 11 is 7.57. The molecule has 1 N–H and O–H groups in total. The van der Waals surface area contributed by atoms with Crippen LogP contribution in [0.3, 0.4) is 0 Å². The molecule has 0 unspecified atom stereocenters. The molecule has 32 heavy (non-hydrogen) atoms. The van der Waals surface area contributed by atoms with E-state index in [1.165, 1.54) is 23.0 Å². The summed E-state index contributed by atoms with van der Waals surface area (Å²) < 4.78 is 0. The predicted molar refractivity (Wildman–Crippen MR) is 138 cm³/mol. The van der Waals surface area contributed by atoms with E-state index in [4.69, 9.17) is 11.6 Å². The van der Waals surface area contributed by atoms with Crippen molar-refractivity contribution in [3.8, 4) is 0 Å². The van der Waals surface area contributed by atoms with Crippen LogP contribution in [0.5, 0.6) is 0 Å². The predicted octanol–water partition coefficient (Wildman–Crippen LogP) is 7.04. The number of thioether (sulfide) groups is 1. The van der Waals surface area contributed by atoms with Crippen molar-refractivity contribution in [2.24, 2.45) is 4.99 Å². The SMILES string of the molecule is Cc1c(Cl)cccc1N=C1NC(=O)/C(=C/c2ccc3c(c2)[C@H](C)CC(C)(C)N3C(C)C)S1. The lowest BCUT2D eigenvalue weighted by molar-refractivity contribution is -0.115. The summed E-state index contributed by atoms with van der Waals surface area (Å²) in [5.74, 6) is 0.338. The Morgan fingerprint density at radius 2 is 2.03 bits per heavy atom. The number of halogens is 1. The number of carbonyl (C=O) groups excluding carboxylic acids is 1. The second-order valence-corrected chi connectivity index (χ2v) is 11.0. The molecular weight excluding hydrogens is 438 g/mol. The Kier molecular flexibility index (Phi) is 6.17. The lowest BCUT2D eigenvalue weighted by atomic mass is 9.79. The van der Waals surface area contributed by atoms with Gasteiger partial charge in [0.15, 0.2) is 5.17 Å². The first kappa shape index (κ1) is 22.9. The molecule has 0 aromatic heterocycles. The minimum Gasteiger partial charge on any atom is -0.364 e. The fourth-order valence-corrected chi connectivity index (χ4v) is 6.00. The van der Waals surface area contributed by atoms with E-state index in [-0.39, 0.29) is 11.4 Å². The molecule has 0 radical (unpaired) electrons. The van der Waals surface area contributed by atoms with E-state index in [9.17, 15) is 4.79 Å². The molecule has 1 fully saturated rings. The van der Waals surface area contributed by atoms with Crippen LogP contribution in [0.25, 0.3) is 6.08 Å². The highest BCUT2D eigenvalue weighted by atomic mass is 35.5. The molecule has 2 aliphatic heterocycles. The van der Waals surface area contributed by atoms with E-state index in [1.807, 2.05) is 31.2 Å². The van der Waals surface area contributed by atoms with Gasteiger partial charge in [-0.3, -0.25) is 4.79 Å². The standard InChI is InChI=1S/C26H30ClN3OS/c1-15(2)30-22-11-10-18(12-19(22)16(3)14-26(30,5)6)13-23-24(31)29-25(32-23)28-21-9-7-8-20(27)17(21)4/h7-13,15-16H,14H2,1-6H3,(H,28,29,31)/b23-13-/t16-/m1/s1. The van der Waals surface area contributed by atoms with Crippen LogP contribution in [0.4, 0.5) is 11.4 Å². The van der Waals surface area contributed by atoms with Crippen molar-refractivity contribution >= 4 is 51.9 Å². The molecule has 6 heteroatoms. The van der Waals surface area contributed by atoms with E-state index in [2.05, 4.69) is 68.0 Å². The van der Waals surface area contributed by atoms with Crippen molar-refractivity contribution in [1.82, 2.24) is 5.32 Å². The zero-order valence-electron chi connectivity index (χ0n) is 19.5. The lowest BCUT2D eigenvalue weighted by Gasteiger charge is -2.50. The van der Waals surface area contributed by atoms with Gasteiger partial charge in [0.2, 0.25) is 0 Å². The van der Waals surface area contributed by atoms with Crippen LogP contribution in [0, 0.1) is 6.92 Å². The Bertz CT molecular complexity index is 1140. The second kappa shape index (κ2) is 8.60. The number of aliphatic imine (C=N–C) groups is 1. The lowest BCUT2D eigenvalue weighted by Crippen LogP contribution is -2.51. The zero-order valence-corrected chi connectivity index (χ0v) is 21.1. The van der Waals surface area contributed by atoms with Crippen LogP contribution in [0.1, 0.15) is 63.6 Å². The quantitative estimate of drug-likeness (QED) is 0.492. The first-order chi connectivity index (χ1) is 15.1. The molecule has 2 aromatic rings. The summed E-state index contributed by atoms with van der Waals surface area (Å²) in [7, 11) is 0. The number of rotatable bonds is 3. The van der Waals surface area contributed by atoms with E-state index >= 15 is 0 Å². The highest BCUT2D eigenvalue weighted by Gasteiger charge is 2.37. The first-order valence-electron chi connectivity index (χ1n) is 11.0. The van der Waals surface area contributed by atoms with Crippen molar-refractivity contribution < 1.29 is 4.79 Å². The van der Waals surface area contributed by atoms with Gasteiger partial charge >= 0.3 is 0 Å². The van der Waals surface area contributed by atoms with Gasteiger partial charge in [-0.25, -0.2) is 4.99 Å². The van der Waals surface area contributed by atoms with Crippen molar-refractivity contribution in [3.63, 3.8) is 0 Å². The van der Waals surface area contributed by atoms with Crippen LogP contribution >= 0.6 is 23.4 Å². The van der Waals surface area contributed by atoms with Gasteiger partial charge in [-0.2, -0.15) is 0 Å². The average Bonchev–Trinajstić information content (AvgIpc) is 3.04. The van der Waals surface area contributed by atoms with Gasteiger partial charge in [0.05, 0.1) is 10.6 Å². The number of hydrogen-bond acceptors (Lipinski definition) is 4. The summed E-state index contributed by atoms with van der Waals surface area (Å²) in [4.78, 5) is 20.4. The van der Waals surface area contributed by atoms with Gasteiger partial charge in [-0.05, 0) is 106 Å². The summed E-state index contributed by atoms with van der Waals surface area (Å²) in [5.41, 5.74) is 5.46. The largest absolute Gasteiger partial charge is 0.364 e. The smallest absolute Gasteiger partial charge is 0.264 e. The monoisotopic (exact) mass is 467 g/mol. The molecule has 2 aromatic carbocycles. The van der Waals surface area contributed by atoms with E-state index in [0.717, 1.165) is 23.2 Å². The molecule has 0 bridgehead atoms. The number of hydrogen-bond donors (Lipinski definition) is 1. The molecule has 1 amide bonds. The highest BCUT2D eigenvalue weighted by Crippen LogP contribution is 2.45. The number of amides is 1. The van der Waals surface area contributed by atoms with E-state index in [1.54, 1.807) is 0 Å². The third kappa shape index (κ3) is 4.33. The fourth-order valence-electron chi connectivity index (χ4n) is 5.00. The molecule has 0 aliphatic carbocycles. The number of carbonyl (C=O) groups is 1. The molecule has 2 heterocycles. The Labute approximate surface area is 200 Å². The maximum Gasteiger partial charge on any atom is 0.264 e. The Hall–Kier alpha value is -2.24. The maximum atomic E-state index is 12.6.